The Morgan fingerprint density at radius 3 is 2.33 bits per heavy atom. The number of hydrogen-bond donors (Lipinski definition) is 1. The summed E-state index contributed by atoms with van der Waals surface area (Å²) >= 11 is 4.57. The lowest BCUT2D eigenvalue weighted by Crippen LogP contribution is -2.29. The highest BCUT2D eigenvalue weighted by Gasteiger charge is 2.25. The zero-order valence-corrected chi connectivity index (χ0v) is 6.79. The molecule has 0 spiro atoms. The average molecular weight is 146 g/mol. The molecule has 1 saturated heterocycles. The molecule has 0 aromatic carbocycles. The first-order chi connectivity index (χ1) is 4.27. The van der Waals surface area contributed by atoms with Crippen LogP contribution in [0.1, 0.15) is 26.2 Å². The first-order valence-electron chi connectivity index (χ1n) is 3.57. The van der Waals surface area contributed by atoms with E-state index in [1.165, 1.54) is 6.42 Å². The Balaban J connectivity index is 2.37. The first-order valence-corrected chi connectivity index (χ1v) is 4.02. The fraction of sp³-hybridized carbons (Fsp3) is 1.00. The third-order valence-electron chi connectivity index (χ3n) is 2.08. The third-order valence-corrected chi connectivity index (χ3v) is 2.85. The van der Waals surface area contributed by atoms with Crippen LogP contribution in [0, 0.1) is 0 Å². The minimum atomic E-state index is 0.290. The molecule has 0 aromatic rings. The van der Waals surface area contributed by atoms with Gasteiger partial charge in [0, 0.05) is 18.0 Å². The number of hydrogen-bond acceptors (Lipinski definition) is 2. The Morgan fingerprint density at radius 1 is 1.44 bits per heavy atom. The van der Waals surface area contributed by atoms with Gasteiger partial charge in [0.1, 0.15) is 0 Å². The molecule has 1 fully saturated rings. The van der Waals surface area contributed by atoms with Crippen molar-refractivity contribution in [3.63, 3.8) is 0 Å². The van der Waals surface area contributed by atoms with Crippen molar-refractivity contribution < 1.29 is 4.74 Å². The van der Waals surface area contributed by atoms with Gasteiger partial charge in [-0.05, 0) is 19.3 Å². The second-order valence-corrected chi connectivity index (χ2v) is 3.64. The molecule has 1 aliphatic rings. The minimum absolute atomic E-state index is 0.290. The van der Waals surface area contributed by atoms with Crippen molar-refractivity contribution in [3.05, 3.63) is 0 Å². The van der Waals surface area contributed by atoms with Crippen molar-refractivity contribution in [1.82, 2.24) is 0 Å². The maximum absolute atomic E-state index is 5.22. The average Bonchev–Trinajstić information content (AvgIpc) is 1.90. The summed E-state index contributed by atoms with van der Waals surface area (Å²) in [4.78, 5) is 0. The zero-order chi connectivity index (χ0) is 6.74. The number of rotatable bonds is 1. The van der Waals surface area contributed by atoms with Crippen molar-refractivity contribution in [2.45, 2.75) is 30.9 Å². The smallest absolute Gasteiger partial charge is 0.0479 e. The molecule has 1 aliphatic heterocycles. The van der Waals surface area contributed by atoms with Crippen molar-refractivity contribution in [2.75, 3.05) is 13.2 Å². The van der Waals surface area contributed by atoms with Crippen LogP contribution in [-0.4, -0.2) is 18.0 Å². The summed E-state index contributed by atoms with van der Waals surface area (Å²) in [6.07, 6.45) is 3.40. The lowest BCUT2D eigenvalue weighted by Gasteiger charge is -2.31. The predicted molar refractivity (Wildman–Crippen MR) is 42.1 cm³/mol. The molecular weight excluding hydrogens is 132 g/mol. The van der Waals surface area contributed by atoms with E-state index in [9.17, 15) is 0 Å². The van der Waals surface area contributed by atoms with Crippen molar-refractivity contribution in [1.29, 1.82) is 0 Å². The minimum Gasteiger partial charge on any atom is -0.381 e. The molecule has 54 valence electrons. The first kappa shape index (κ1) is 7.42. The van der Waals surface area contributed by atoms with Gasteiger partial charge in [-0.1, -0.05) is 6.92 Å². The quantitative estimate of drug-likeness (QED) is 0.556. The molecule has 0 saturated carbocycles. The van der Waals surface area contributed by atoms with E-state index in [4.69, 9.17) is 4.74 Å². The fourth-order valence-corrected chi connectivity index (χ4v) is 1.29. The Hall–Kier alpha value is 0.310. The highest BCUT2D eigenvalue weighted by Crippen LogP contribution is 2.30. The van der Waals surface area contributed by atoms with Crippen LogP contribution in [0.25, 0.3) is 0 Å². The highest BCUT2D eigenvalue weighted by molar-refractivity contribution is 7.81. The van der Waals surface area contributed by atoms with E-state index in [0.29, 0.717) is 0 Å². The lowest BCUT2D eigenvalue weighted by molar-refractivity contribution is 0.0770. The third kappa shape index (κ3) is 1.87. The number of thiol groups is 1. The summed E-state index contributed by atoms with van der Waals surface area (Å²) in [5.41, 5.74) is 0. The van der Waals surface area contributed by atoms with Crippen LogP contribution < -0.4 is 0 Å². The van der Waals surface area contributed by atoms with Crippen LogP contribution in [0.3, 0.4) is 0 Å². The van der Waals surface area contributed by atoms with Gasteiger partial charge in [-0.25, -0.2) is 0 Å². The Bertz CT molecular complexity index is 86.9. The lowest BCUT2D eigenvalue weighted by atomic mass is 9.96. The van der Waals surface area contributed by atoms with Gasteiger partial charge in [0.05, 0.1) is 0 Å². The second-order valence-electron chi connectivity index (χ2n) is 2.69. The van der Waals surface area contributed by atoms with Crippen molar-refractivity contribution in [2.24, 2.45) is 0 Å². The molecule has 0 radical (unpaired) electrons. The van der Waals surface area contributed by atoms with Gasteiger partial charge in [0.15, 0.2) is 0 Å². The molecule has 0 aliphatic carbocycles. The monoisotopic (exact) mass is 146 g/mol. The van der Waals surface area contributed by atoms with E-state index in [1.807, 2.05) is 0 Å². The van der Waals surface area contributed by atoms with Crippen LogP contribution in [0.5, 0.6) is 0 Å². The molecular formula is C7H14OS. The molecule has 2 heteroatoms. The number of ether oxygens (including phenoxy) is 1. The summed E-state index contributed by atoms with van der Waals surface area (Å²) in [5, 5.41) is 0. The predicted octanol–water partition coefficient (Wildman–Crippen LogP) is 1.88. The normalized spacial score (nSPS) is 26.0. The Kier molecular flexibility index (Phi) is 2.42. The van der Waals surface area contributed by atoms with Crippen LogP contribution in [0.2, 0.25) is 0 Å². The molecule has 0 atom stereocenters. The molecule has 0 aromatic heterocycles. The standard InChI is InChI=1S/C7H14OS/c1-2-7(9)3-5-8-6-4-7/h9H,2-6H2,1H3. The summed E-state index contributed by atoms with van der Waals surface area (Å²) in [6.45, 7) is 3.99. The summed E-state index contributed by atoms with van der Waals surface area (Å²) in [6, 6.07) is 0. The maximum Gasteiger partial charge on any atom is 0.0479 e. The van der Waals surface area contributed by atoms with Gasteiger partial charge in [-0.15, -0.1) is 0 Å². The van der Waals surface area contributed by atoms with E-state index in [2.05, 4.69) is 19.6 Å². The molecule has 0 bridgehead atoms. The zero-order valence-electron chi connectivity index (χ0n) is 5.89. The van der Waals surface area contributed by atoms with Crippen molar-refractivity contribution in [3.8, 4) is 0 Å². The maximum atomic E-state index is 5.22. The fourth-order valence-electron chi connectivity index (χ4n) is 1.10. The molecule has 0 N–H and O–H groups in total. The largest absolute Gasteiger partial charge is 0.381 e. The Labute approximate surface area is 62.2 Å². The summed E-state index contributed by atoms with van der Waals surface area (Å²) in [5.74, 6) is 0. The molecule has 9 heavy (non-hydrogen) atoms. The molecule has 1 nitrogen and oxygen atoms in total. The van der Waals surface area contributed by atoms with E-state index in [-0.39, 0.29) is 4.75 Å². The molecule has 0 amide bonds. The van der Waals surface area contributed by atoms with Gasteiger partial charge in [0.2, 0.25) is 0 Å². The van der Waals surface area contributed by atoms with Crippen molar-refractivity contribution >= 4 is 12.6 Å². The Morgan fingerprint density at radius 2 is 2.00 bits per heavy atom. The van der Waals surface area contributed by atoms with E-state index >= 15 is 0 Å². The van der Waals surface area contributed by atoms with Crippen LogP contribution in [0.15, 0.2) is 0 Å². The van der Waals surface area contributed by atoms with Crippen LogP contribution >= 0.6 is 12.6 Å². The van der Waals surface area contributed by atoms with Gasteiger partial charge >= 0.3 is 0 Å². The van der Waals surface area contributed by atoms with Crippen LogP contribution in [0.4, 0.5) is 0 Å². The van der Waals surface area contributed by atoms with E-state index in [1.54, 1.807) is 0 Å². The van der Waals surface area contributed by atoms with E-state index in [0.717, 1.165) is 26.1 Å². The van der Waals surface area contributed by atoms with E-state index < -0.39 is 0 Å². The van der Waals surface area contributed by atoms with Gasteiger partial charge in [-0.3, -0.25) is 0 Å². The SMILES string of the molecule is CCC1(S)CCOCC1. The summed E-state index contributed by atoms with van der Waals surface area (Å²) < 4.78 is 5.51. The molecule has 1 rings (SSSR count). The van der Waals surface area contributed by atoms with Gasteiger partial charge < -0.3 is 4.74 Å². The van der Waals surface area contributed by atoms with Gasteiger partial charge in [0.25, 0.3) is 0 Å². The van der Waals surface area contributed by atoms with Crippen LogP contribution in [-0.2, 0) is 4.74 Å². The topological polar surface area (TPSA) is 9.23 Å². The molecule has 1 heterocycles. The molecule has 0 unspecified atom stereocenters. The summed E-state index contributed by atoms with van der Waals surface area (Å²) in [7, 11) is 0. The van der Waals surface area contributed by atoms with Gasteiger partial charge in [-0.2, -0.15) is 12.6 Å². The highest BCUT2D eigenvalue weighted by atomic mass is 32.1. The second kappa shape index (κ2) is 2.93.